The number of carbonyl (C=O) groups excluding carboxylic acids is 1. The van der Waals surface area contributed by atoms with Gasteiger partial charge >= 0.3 is 0 Å². The molecule has 0 aliphatic carbocycles. The van der Waals surface area contributed by atoms with Gasteiger partial charge < -0.3 is 10.4 Å². The zero-order valence-corrected chi connectivity index (χ0v) is 11.1. The Labute approximate surface area is 105 Å². The Balaban J connectivity index is 2.52. The van der Waals surface area contributed by atoms with Gasteiger partial charge in [-0.1, -0.05) is 6.92 Å². The summed E-state index contributed by atoms with van der Waals surface area (Å²) in [5.41, 5.74) is 0.962. The molecule has 1 rings (SSSR count). The molecular formula is C11H19N3O2S. The molecule has 0 aromatic carbocycles. The normalized spacial score (nSPS) is 10.8. The molecule has 0 atom stereocenters. The molecule has 0 spiro atoms. The number of hydrogen-bond acceptors (Lipinski definition) is 5. The second-order valence-corrected chi connectivity index (χ2v) is 4.62. The Morgan fingerprint density at radius 1 is 1.65 bits per heavy atom. The van der Waals surface area contributed by atoms with Crippen LogP contribution in [0.1, 0.15) is 17.6 Å². The van der Waals surface area contributed by atoms with E-state index in [1.165, 1.54) is 11.3 Å². The number of nitrogens with zero attached hydrogens (tertiary/aromatic N) is 2. The first-order chi connectivity index (χ1) is 8.19. The highest BCUT2D eigenvalue weighted by Crippen LogP contribution is 2.12. The number of carbonyl (C=O) groups is 1. The first kappa shape index (κ1) is 14.1. The van der Waals surface area contributed by atoms with Crippen LogP contribution in [0.15, 0.2) is 5.38 Å². The molecular weight excluding hydrogens is 238 g/mol. The maximum Gasteiger partial charge on any atom is 0.226 e. The van der Waals surface area contributed by atoms with Crippen molar-refractivity contribution in [3.05, 3.63) is 16.1 Å². The third kappa shape index (κ3) is 4.80. The molecule has 0 fully saturated rings. The quantitative estimate of drug-likeness (QED) is 0.735. The second kappa shape index (κ2) is 7.37. The van der Waals surface area contributed by atoms with Crippen molar-refractivity contribution in [2.75, 3.05) is 26.7 Å². The molecule has 0 aliphatic rings. The van der Waals surface area contributed by atoms with E-state index in [2.05, 4.69) is 15.2 Å². The number of hydrogen-bond donors (Lipinski definition) is 2. The van der Waals surface area contributed by atoms with Crippen LogP contribution < -0.4 is 5.32 Å². The summed E-state index contributed by atoms with van der Waals surface area (Å²) in [6, 6.07) is 0. The Hall–Kier alpha value is -0.980. The molecule has 0 saturated heterocycles. The summed E-state index contributed by atoms with van der Waals surface area (Å²) >= 11 is 1.50. The number of amides is 1. The maximum atomic E-state index is 11.2. The topological polar surface area (TPSA) is 65.5 Å². The second-order valence-electron chi connectivity index (χ2n) is 3.67. The van der Waals surface area contributed by atoms with Crippen LogP contribution >= 0.6 is 11.3 Å². The Morgan fingerprint density at radius 3 is 3.00 bits per heavy atom. The van der Waals surface area contributed by atoms with Gasteiger partial charge in [0.15, 0.2) is 0 Å². The summed E-state index contributed by atoms with van der Waals surface area (Å²) in [6.45, 7) is 4.46. The van der Waals surface area contributed by atoms with Crippen LogP contribution in [0.25, 0.3) is 0 Å². The third-order valence-corrected chi connectivity index (χ3v) is 3.34. The molecule has 5 nitrogen and oxygen atoms in total. The van der Waals surface area contributed by atoms with E-state index in [-0.39, 0.29) is 12.5 Å². The Bertz CT molecular complexity index is 354. The fraction of sp³-hybridized carbons (Fsp3) is 0.636. The molecule has 0 aliphatic heterocycles. The van der Waals surface area contributed by atoms with Crippen LogP contribution in [-0.2, 0) is 17.8 Å². The summed E-state index contributed by atoms with van der Waals surface area (Å²) in [4.78, 5) is 17.7. The molecule has 0 saturated carbocycles. The van der Waals surface area contributed by atoms with E-state index in [1.807, 2.05) is 12.3 Å². The SMILES string of the molecule is CCN(CCO)Cc1csc(CC(=O)NC)n1. The van der Waals surface area contributed by atoms with Crippen LogP contribution in [0.4, 0.5) is 0 Å². The molecule has 96 valence electrons. The third-order valence-electron chi connectivity index (χ3n) is 2.44. The van der Waals surface area contributed by atoms with E-state index in [0.29, 0.717) is 13.0 Å². The lowest BCUT2D eigenvalue weighted by atomic mass is 10.4. The summed E-state index contributed by atoms with van der Waals surface area (Å²) < 4.78 is 0. The Kier molecular flexibility index (Phi) is 6.10. The highest BCUT2D eigenvalue weighted by Gasteiger charge is 2.09. The van der Waals surface area contributed by atoms with Crippen molar-refractivity contribution in [1.29, 1.82) is 0 Å². The number of likely N-dealkylation sites (N-methyl/N-ethyl adjacent to an activating group) is 2. The molecule has 0 radical (unpaired) electrons. The fourth-order valence-corrected chi connectivity index (χ4v) is 2.23. The van der Waals surface area contributed by atoms with Crippen LogP contribution in [0, 0.1) is 0 Å². The maximum absolute atomic E-state index is 11.2. The zero-order valence-electron chi connectivity index (χ0n) is 10.3. The van der Waals surface area contributed by atoms with Crippen LogP contribution in [0.5, 0.6) is 0 Å². The summed E-state index contributed by atoms with van der Waals surface area (Å²) in [6.07, 6.45) is 0.341. The number of rotatable bonds is 7. The summed E-state index contributed by atoms with van der Waals surface area (Å²) in [7, 11) is 1.62. The van der Waals surface area contributed by atoms with Gasteiger partial charge in [-0.15, -0.1) is 11.3 Å². The van der Waals surface area contributed by atoms with E-state index in [1.54, 1.807) is 7.05 Å². The molecule has 1 heterocycles. The van der Waals surface area contributed by atoms with Gasteiger partial charge in [0.25, 0.3) is 0 Å². The predicted octanol–water partition coefficient (Wildman–Crippen LogP) is 0.246. The molecule has 6 heteroatoms. The lowest BCUT2D eigenvalue weighted by molar-refractivity contribution is -0.119. The molecule has 2 N–H and O–H groups in total. The van der Waals surface area contributed by atoms with Gasteiger partial charge in [0, 0.05) is 25.5 Å². The Morgan fingerprint density at radius 2 is 2.41 bits per heavy atom. The first-order valence-electron chi connectivity index (χ1n) is 5.66. The standard InChI is InChI=1S/C11H19N3O2S/c1-3-14(4-5-15)7-9-8-17-11(13-9)6-10(16)12-2/h8,15H,3-7H2,1-2H3,(H,12,16). The lowest BCUT2D eigenvalue weighted by Crippen LogP contribution is -2.26. The largest absolute Gasteiger partial charge is 0.395 e. The van der Waals surface area contributed by atoms with Gasteiger partial charge in [-0.25, -0.2) is 4.98 Å². The van der Waals surface area contributed by atoms with Crippen molar-refractivity contribution >= 4 is 17.2 Å². The van der Waals surface area contributed by atoms with Crippen LogP contribution in [-0.4, -0.2) is 47.6 Å². The summed E-state index contributed by atoms with van der Waals surface area (Å²) in [5, 5.41) is 14.3. The van der Waals surface area contributed by atoms with Crippen LogP contribution in [0.2, 0.25) is 0 Å². The monoisotopic (exact) mass is 257 g/mol. The highest BCUT2D eigenvalue weighted by atomic mass is 32.1. The van der Waals surface area contributed by atoms with Gasteiger partial charge in [0.2, 0.25) is 5.91 Å². The number of nitrogens with one attached hydrogen (secondary N) is 1. The van der Waals surface area contributed by atoms with Gasteiger partial charge in [-0.3, -0.25) is 9.69 Å². The average molecular weight is 257 g/mol. The minimum Gasteiger partial charge on any atom is -0.395 e. The van der Waals surface area contributed by atoms with Gasteiger partial charge in [0.1, 0.15) is 5.01 Å². The fourth-order valence-electron chi connectivity index (χ4n) is 1.45. The van der Waals surface area contributed by atoms with Crippen molar-refractivity contribution in [2.45, 2.75) is 19.9 Å². The number of aliphatic hydroxyl groups is 1. The van der Waals surface area contributed by atoms with Crippen molar-refractivity contribution in [3.8, 4) is 0 Å². The van der Waals surface area contributed by atoms with E-state index >= 15 is 0 Å². The van der Waals surface area contributed by atoms with Gasteiger partial charge in [-0.2, -0.15) is 0 Å². The van der Waals surface area contributed by atoms with E-state index < -0.39 is 0 Å². The van der Waals surface area contributed by atoms with Gasteiger partial charge in [-0.05, 0) is 6.54 Å². The molecule has 0 unspecified atom stereocenters. The highest BCUT2D eigenvalue weighted by molar-refractivity contribution is 7.09. The molecule has 1 aromatic rings. The van der Waals surface area contributed by atoms with E-state index in [0.717, 1.165) is 23.8 Å². The minimum absolute atomic E-state index is 0.0198. The van der Waals surface area contributed by atoms with Gasteiger partial charge in [0.05, 0.1) is 18.7 Å². The minimum atomic E-state index is -0.0198. The zero-order chi connectivity index (χ0) is 12.7. The molecule has 0 bridgehead atoms. The van der Waals surface area contributed by atoms with Crippen molar-refractivity contribution in [3.63, 3.8) is 0 Å². The molecule has 1 amide bonds. The summed E-state index contributed by atoms with van der Waals surface area (Å²) in [5.74, 6) is -0.0198. The van der Waals surface area contributed by atoms with Crippen molar-refractivity contribution in [2.24, 2.45) is 0 Å². The van der Waals surface area contributed by atoms with Crippen molar-refractivity contribution < 1.29 is 9.90 Å². The van der Waals surface area contributed by atoms with Crippen LogP contribution in [0.3, 0.4) is 0 Å². The average Bonchev–Trinajstić information content (AvgIpc) is 2.75. The van der Waals surface area contributed by atoms with E-state index in [4.69, 9.17) is 5.11 Å². The molecule has 1 aromatic heterocycles. The number of aromatic nitrogens is 1. The first-order valence-corrected chi connectivity index (χ1v) is 6.54. The number of thiazole rings is 1. The lowest BCUT2D eigenvalue weighted by Gasteiger charge is -2.17. The van der Waals surface area contributed by atoms with Crippen molar-refractivity contribution in [1.82, 2.24) is 15.2 Å². The number of aliphatic hydroxyl groups excluding tert-OH is 1. The smallest absolute Gasteiger partial charge is 0.226 e. The van der Waals surface area contributed by atoms with E-state index in [9.17, 15) is 4.79 Å². The predicted molar refractivity (Wildman–Crippen MR) is 67.9 cm³/mol. The molecule has 17 heavy (non-hydrogen) atoms.